The summed E-state index contributed by atoms with van der Waals surface area (Å²) in [6.45, 7) is 4.25. The van der Waals surface area contributed by atoms with Gasteiger partial charge in [0.2, 0.25) is 0 Å². The van der Waals surface area contributed by atoms with E-state index in [-0.39, 0.29) is 6.61 Å². The number of ether oxygens (including phenoxy) is 2. The van der Waals surface area contributed by atoms with Gasteiger partial charge in [-0.05, 0) is 65.6 Å². The second kappa shape index (κ2) is 11.1. The van der Waals surface area contributed by atoms with Gasteiger partial charge in [-0.1, -0.05) is 25.8 Å². The van der Waals surface area contributed by atoms with Gasteiger partial charge in [-0.2, -0.15) is 13.2 Å². The lowest BCUT2D eigenvalue weighted by Crippen LogP contribution is -2.17. The van der Waals surface area contributed by atoms with Gasteiger partial charge in [0.05, 0.1) is 18.4 Å². The summed E-state index contributed by atoms with van der Waals surface area (Å²) in [5, 5.41) is 3.34. The average Bonchev–Trinajstić information content (AvgIpc) is 2.81. The van der Waals surface area contributed by atoms with Crippen LogP contribution in [0, 0.1) is 5.92 Å². The Hall–Kier alpha value is -2.23. The smallest absolute Gasteiger partial charge is 0.417 e. The number of benzene rings is 1. The number of rotatable bonds is 8. The van der Waals surface area contributed by atoms with E-state index in [1.165, 1.54) is 38.2 Å². The fraction of sp³-hybridized carbons (Fsp3) is 0.375. The van der Waals surface area contributed by atoms with Crippen LogP contribution in [0.15, 0.2) is 55.0 Å². The Morgan fingerprint density at radius 1 is 1.22 bits per heavy atom. The van der Waals surface area contributed by atoms with Crippen molar-refractivity contribution in [2.45, 2.75) is 44.9 Å². The second-order valence-electron chi connectivity index (χ2n) is 7.68. The van der Waals surface area contributed by atoms with Gasteiger partial charge >= 0.3 is 6.18 Å². The van der Waals surface area contributed by atoms with Crippen LogP contribution in [0.4, 0.5) is 13.2 Å². The predicted octanol–water partition coefficient (Wildman–Crippen LogP) is 7.11. The summed E-state index contributed by atoms with van der Waals surface area (Å²) >= 11 is 2.25. The summed E-state index contributed by atoms with van der Waals surface area (Å²) in [6.07, 6.45) is 4.51. The Kier molecular flexibility index (Phi) is 8.44. The topological polar surface area (TPSA) is 43.4 Å². The van der Waals surface area contributed by atoms with E-state index in [2.05, 4.69) is 39.5 Å². The summed E-state index contributed by atoms with van der Waals surface area (Å²) < 4.78 is 50.1. The third-order valence-corrected chi connectivity index (χ3v) is 6.34. The Labute approximate surface area is 200 Å². The summed E-state index contributed by atoms with van der Waals surface area (Å²) in [5.74, 6) is 1.69. The van der Waals surface area contributed by atoms with E-state index >= 15 is 0 Å². The standard InChI is InChI=1S/C24H26F3IN2O2/c1-16(17-6-4-3-5-7-17)29-14-22(28)21-11-10-20(12-23(21)31-2)32-15-19-9-8-18(13-30-19)24(25,26)27/h8-14,17,29H,1,3-7,15H2,2H3/b22-14-. The van der Waals surface area contributed by atoms with E-state index in [1.54, 1.807) is 19.2 Å². The number of aromatic nitrogens is 1. The first-order chi connectivity index (χ1) is 15.3. The molecule has 0 amide bonds. The fourth-order valence-corrected chi connectivity index (χ4v) is 4.20. The van der Waals surface area contributed by atoms with Crippen LogP contribution in [0.1, 0.15) is 48.9 Å². The van der Waals surface area contributed by atoms with Gasteiger partial charge in [-0.3, -0.25) is 4.98 Å². The first-order valence-corrected chi connectivity index (χ1v) is 11.5. The van der Waals surface area contributed by atoms with E-state index in [4.69, 9.17) is 9.47 Å². The number of allylic oxidation sites excluding steroid dienone is 1. The van der Waals surface area contributed by atoms with Crippen LogP contribution in [0.25, 0.3) is 3.58 Å². The maximum atomic E-state index is 12.7. The molecule has 8 heteroatoms. The molecule has 0 bridgehead atoms. The maximum Gasteiger partial charge on any atom is 0.417 e. The number of pyridine rings is 1. The molecule has 3 rings (SSSR count). The van der Waals surface area contributed by atoms with E-state index in [1.807, 2.05) is 12.3 Å². The highest BCUT2D eigenvalue weighted by Gasteiger charge is 2.30. The van der Waals surface area contributed by atoms with Crippen LogP contribution in [-0.2, 0) is 12.8 Å². The minimum Gasteiger partial charge on any atom is -0.496 e. The van der Waals surface area contributed by atoms with Gasteiger partial charge in [-0.15, -0.1) is 0 Å². The van der Waals surface area contributed by atoms with Crippen molar-refractivity contribution in [3.63, 3.8) is 0 Å². The zero-order chi connectivity index (χ0) is 23.1. The molecule has 1 aromatic carbocycles. The highest BCUT2D eigenvalue weighted by Crippen LogP contribution is 2.34. The maximum absolute atomic E-state index is 12.7. The molecule has 0 atom stereocenters. The molecule has 1 saturated carbocycles. The zero-order valence-electron chi connectivity index (χ0n) is 17.8. The number of methoxy groups -OCH3 is 1. The van der Waals surface area contributed by atoms with Crippen molar-refractivity contribution < 1.29 is 22.6 Å². The quantitative estimate of drug-likeness (QED) is 0.351. The number of nitrogens with zero attached hydrogens (tertiary/aromatic N) is 1. The van der Waals surface area contributed by atoms with Crippen LogP contribution in [0.5, 0.6) is 11.5 Å². The summed E-state index contributed by atoms with van der Waals surface area (Å²) in [5.41, 5.74) is 1.56. The van der Waals surface area contributed by atoms with Crippen molar-refractivity contribution in [3.8, 4) is 11.5 Å². The average molecular weight is 558 g/mol. The molecule has 1 aromatic heterocycles. The van der Waals surface area contributed by atoms with Crippen molar-refractivity contribution in [3.05, 3.63) is 71.8 Å². The van der Waals surface area contributed by atoms with E-state index in [0.29, 0.717) is 23.1 Å². The minimum atomic E-state index is -4.40. The lowest BCUT2D eigenvalue weighted by Gasteiger charge is -2.23. The van der Waals surface area contributed by atoms with E-state index in [0.717, 1.165) is 27.1 Å². The molecule has 0 aliphatic heterocycles. The SMILES string of the molecule is C=C(N/C=C(\I)c1ccc(OCc2ccc(C(F)(F)F)cn2)cc1OC)C1CCCCC1. The van der Waals surface area contributed by atoms with Gasteiger partial charge in [-0.25, -0.2) is 0 Å². The molecule has 1 fully saturated rings. The highest BCUT2D eigenvalue weighted by molar-refractivity contribution is 14.1. The van der Waals surface area contributed by atoms with E-state index < -0.39 is 11.7 Å². The summed E-state index contributed by atoms with van der Waals surface area (Å²) in [4.78, 5) is 3.82. The van der Waals surface area contributed by atoms with Gasteiger partial charge < -0.3 is 14.8 Å². The summed E-state index contributed by atoms with van der Waals surface area (Å²) in [6, 6.07) is 7.74. The predicted molar refractivity (Wildman–Crippen MR) is 127 cm³/mol. The molecule has 0 saturated heterocycles. The third-order valence-electron chi connectivity index (χ3n) is 5.45. The third kappa shape index (κ3) is 6.63. The second-order valence-corrected chi connectivity index (χ2v) is 8.85. The molecule has 2 aromatic rings. The number of halogens is 4. The molecular formula is C24H26F3IN2O2. The van der Waals surface area contributed by atoms with Gasteiger partial charge in [0.1, 0.15) is 18.1 Å². The van der Waals surface area contributed by atoms with Crippen LogP contribution in [0.2, 0.25) is 0 Å². The first kappa shape index (κ1) is 24.4. The first-order valence-electron chi connectivity index (χ1n) is 10.4. The minimum absolute atomic E-state index is 0.0519. The lowest BCUT2D eigenvalue weighted by molar-refractivity contribution is -0.137. The molecule has 1 heterocycles. The Bertz CT molecular complexity index is 953. The van der Waals surface area contributed by atoms with Crippen molar-refractivity contribution >= 4 is 26.2 Å². The number of alkyl halides is 3. The molecule has 4 nitrogen and oxygen atoms in total. The van der Waals surface area contributed by atoms with Gasteiger partial charge in [0.25, 0.3) is 0 Å². The molecule has 172 valence electrons. The molecule has 1 N–H and O–H groups in total. The Morgan fingerprint density at radius 2 is 1.97 bits per heavy atom. The fourth-order valence-electron chi connectivity index (χ4n) is 3.60. The zero-order valence-corrected chi connectivity index (χ0v) is 20.0. The highest BCUT2D eigenvalue weighted by atomic mass is 127. The van der Waals surface area contributed by atoms with E-state index in [9.17, 15) is 13.2 Å². The van der Waals surface area contributed by atoms with Crippen LogP contribution in [-0.4, -0.2) is 12.1 Å². The number of hydrogen-bond donors (Lipinski definition) is 1. The molecule has 0 radical (unpaired) electrons. The largest absolute Gasteiger partial charge is 0.496 e. The normalized spacial score (nSPS) is 15.3. The van der Waals surface area contributed by atoms with Crippen molar-refractivity contribution in [1.29, 1.82) is 0 Å². The van der Waals surface area contributed by atoms with Crippen molar-refractivity contribution in [2.24, 2.45) is 5.92 Å². The van der Waals surface area contributed by atoms with Crippen molar-refractivity contribution in [2.75, 3.05) is 7.11 Å². The molecule has 1 aliphatic carbocycles. The lowest BCUT2D eigenvalue weighted by atomic mass is 9.87. The number of nitrogens with one attached hydrogen (secondary N) is 1. The molecule has 0 spiro atoms. The summed E-state index contributed by atoms with van der Waals surface area (Å²) in [7, 11) is 1.58. The van der Waals surface area contributed by atoms with Crippen LogP contribution < -0.4 is 14.8 Å². The molecular weight excluding hydrogens is 532 g/mol. The molecule has 32 heavy (non-hydrogen) atoms. The Morgan fingerprint density at radius 3 is 2.59 bits per heavy atom. The molecule has 0 unspecified atom stereocenters. The van der Waals surface area contributed by atoms with Gasteiger partial charge in [0, 0.05) is 33.3 Å². The van der Waals surface area contributed by atoms with Crippen molar-refractivity contribution in [1.82, 2.24) is 10.3 Å². The molecule has 1 aliphatic rings. The van der Waals surface area contributed by atoms with Gasteiger partial charge in [0.15, 0.2) is 0 Å². The number of hydrogen-bond acceptors (Lipinski definition) is 4. The van der Waals surface area contributed by atoms with Crippen LogP contribution in [0.3, 0.4) is 0 Å². The Balaban J connectivity index is 1.62. The monoisotopic (exact) mass is 558 g/mol. The van der Waals surface area contributed by atoms with Crippen LogP contribution >= 0.6 is 22.6 Å².